The van der Waals surface area contributed by atoms with E-state index in [1.807, 2.05) is 0 Å². The lowest BCUT2D eigenvalue weighted by Gasteiger charge is -2.13. The molecule has 0 heterocycles. The normalized spacial score (nSPS) is 11.7. The number of aromatic hydroxyl groups is 1. The molecule has 0 bridgehead atoms. The van der Waals surface area contributed by atoms with E-state index in [0.29, 0.717) is 11.3 Å². The molecule has 1 rings (SSSR count). The van der Waals surface area contributed by atoms with Gasteiger partial charge in [-0.15, -0.1) is 0 Å². The van der Waals surface area contributed by atoms with Crippen LogP contribution < -0.4 is 4.72 Å². The molecule has 1 aromatic rings. The van der Waals surface area contributed by atoms with Gasteiger partial charge in [-0.1, -0.05) is 6.07 Å². The van der Waals surface area contributed by atoms with E-state index in [9.17, 15) is 13.5 Å². The summed E-state index contributed by atoms with van der Waals surface area (Å²) in [7, 11) is -3.35. The van der Waals surface area contributed by atoms with E-state index in [1.54, 1.807) is 32.9 Å². The van der Waals surface area contributed by atoms with Gasteiger partial charge in [0.05, 0.1) is 10.9 Å². The number of benzene rings is 1. The largest absolute Gasteiger partial charge is 0.508 e. The van der Waals surface area contributed by atoms with Crippen LogP contribution in [0.15, 0.2) is 18.2 Å². The third kappa shape index (κ3) is 2.62. The molecule has 0 radical (unpaired) electrons. The number of anilines is 1. The number of hydrogen-bond donors (Lipinski definition) is 2. The first-order chi connectivity index (χ1) is 6.84. The number of nitrogens with one attached hydrogen (secondary N) is 1. The summed E-state index contributed by atoms with van der Waals surface area (Å²) in [6, 6.07) is 4.73. The molecule has 0 unspecified atom stereocenters. The summed E-state index contributed by atoms with van der Waals surface area (Å²) in [5.41, 5.74) is 0.949. The van der Waals surface area contributed by atoms with Gasteiger partial charge in [-0.05, 0) is 32.9 Å². The van der Waals surface area contributed by atoms with E-state index in [1.165, 1.54) is 6.07 Å². The average Bonchev–Trinajstić information content (AvgIpc) is 2.12. The van der Waals surface area contributed by atoms with Crippen LogP contribution in [0.3, 0.4) is 0 Å². The second-order valence-electron chi connectivity index (χ2n) is 3.65. The number of rotatable bonds is 3. The van der Waals surface area contributed by atoms with Crippen molar-refractivity contribution in [3.05, 3.63) is 23.8 Å². The third-order valence-electron chi connectivity index (χ3n) is 2.18. The molecule has 0 saturated heterocycles. The first-order valence-corrected chi connectivity index (χ1v) is 6.19. The van der Waals surface area contributed by atoms with E-state index in [2.05, 4.69) is 4.72 Å². The molecule has 5 heteroatoms. The van der Waals surface area contributed by atoms with Crippen molar-refractivity contribution in [1.29, 1.82) is 0 Å². The zero-order valence-electron chi connectivity index (χ0n) is 8.98. The highest BCUT2D eigenvalue weighted by molar-refractivity contribution is 7.93. The van der Waals surface area contributed by atoms with Gasteiger partial charge < -0.3 is 5.11 Å². The Balaban J connectivity index is 3.06. The fraction of sp³-hybridized carbons (Fsp3) is 0.400. The van der Waals surface area contributed by atoms with Crippen molar-refractivity contribution in [1.82, 2.24) is 0 Å². The van der Waals surface area contributed by atoms with Gasteiger partial charge in [0.1, 0.15) is 5.75 Å². The lowest BCUT2D eigenvalue weighted by Crippen LogP contribution is -2.22. The van der Waals surface area contributed by atoms with Crippen molar-refractivity contribution in [3.8, 4) is 5.75 Å². The van der Waals surface area contributed by atoms with Crippen molar-refractivity contribution >= 4 is 15.7 Å². The summed E-state index contributed by atoms with van der Waals surface area (Å²) >= 11 is 0. The molecule has 0 aliphatic carbocycles. The molecule has 4 nitrogen and oxygen atoms in total. The van der Waals surface area contributed by atoms with Gasteiger partial charge >= 0.3 is 0 Å². The van der Waals surface area contributed by atoms with Crippen molar-refractivity contribution in [3.63, 3.8) is 0 Å². The first-order valence-electron chi connectivity index (χ1n) is 4.65. The minimum absolute atomic E-state index is 0.0824. The Labute approximate surface area is 90.0 Å². The molecule has 84 valence electrons. The number of hydrogen-bond acceptors (Lipinski definition) is 3. The van der Waals surface area contributed by atoms with Gasteiger partial charge in [0.15, 0.2) is 0 Å². The van der Waals surface area contributed by atoms with Gasteiger partial charge in [-0.3, -0.25) is 4.72 Å². The van der Waals surface area contributed by atoms with Gasteiger partial charge in [-0.2, -0.15) is 0 Å². The maximum atomic E-state index is 11.6. The highest BCUT2D eigenvalue weighted by Gasteiger charge is 2.16. The van der Waals surface area contributed by atoms with Gasteiger partial charge in [0.25, 0.3) is 0 Å². The van der Waals surface area contributed by atoms with Crippen LogP contribution in [0.4, 0.5) is 5.69 Å². The minimum Gasteiger partial charge on any atom is -0.508 e. The number of phenols is 1. The Kier molecular flexibility index (Phi) is 3.24. The van der Waals surface area contributed by atoms with E-state index in [-0.39, 0.29) is 5.75 Å². The van der Waals surface area contributed by atoms with Crippen LogP contribution in [-0.2, 0) is 10.0 Å². The van der Waals surface area contributed by atoms with Gasteiger partial charge in [0, 0.05) is 5.56 Å². The smallest absolute Gasteiger partial charge is 0.235 e. The summed E-state index contributed by atoms with van der Waals surface area (Å²) in [5.74, 6) is 0.0824. The molecule has 0 fully saturated rings. The van der Waals surface area contributed by atoms with Crippen LogP contribution in [0.2, 0.25) is 0 Å². The van der Waals surface area contributed by atoms with Crippen molar-refractivity contribution < 1.29 is 13.5 Å². The SMILES string of the molecule is Cc1c(O)cccc1NS(=O)(=O)C(C)C. The van der Waals surface area contributed by atoms with Crippen molar-refractivity contribution in [2.24, 2.45) is 0 Å². The molecule has 0 atom stereocenters. The second-order valence-corrected chi connectivity index (χ2v) is 5.88. The zero-order chi connectivity index (χ0) is 11.6. The molecule has 0 saturated carbocycles. The summed E-state index contributed by atoms with van der Waals surface area (Å²) < 4.78 is 25.6. The van der Waals surface area contributed by atoms with Crippen molar-refractivity contribution in [2.45, 2.75) is 26.0 Å². The Morgan fingerprint density at radius 3 is 2.47 bits per heavy atom. The second kappa shape index (κ2) is 4.10. The Morgan fingerprint density at radius 2 is 1.93 bits per heavy atom. The highest BCUT2D eigenvalue weighted by Crippen LogP contribution is 2.25. The molecule has 0 aromatic heterocycles. The van der Waals surface area contributed by atoms with E-state index >= 15 is 0 Å². The lowest BCUT2D eigenvalue weighted by atomic mass is 10.2. The van der Waals surface area contributed by atoms with Crippen molar-refractivity contribution in [2.75, 3.05) is 4.72 Å². The fourth-order valence-corrected chi connectivity index (χ4v) is 1.77. The zero-order valence-corrected chi connectivity index (χ0v) is 9.80. The molecule has 15 heavy (non-hydrogen) atoms. The topological polar surface area (TPSA) is 66.4 Å². The minimum atomic E-state index is -3.35. The van der Waals surface area contributed by atoms with Crippen LogP contribution in [0.5, 0.6) is 5.75 Å². The number of sulfonamides is 1. The summed E-state index contributed by atoms with van der Waals surface area (Å²) in [6.45, 7) is 4.86. The molecule has 0 aliphatic heterocycles. The van der Waals surface area contributed by atoms with E-state index in [4.69, 9.17) is 0 Å². The average molecular weight is 229 g/mol. The molecular formula is C10H15NO3S. The Bertz CT molecular complexity index is 452. The lowest BCUT2D eigenvalue weighted by molar-refractivity contribution is 0.471. The van der Waals surface area contributed by atoms with E-state index < -0.39 is 15.3 Å². The summed E-state index contributed by atoms with van der Waals surface area (Å²) in [4.78, 5) is 0. The Morgan fingerprint density at radius 1 is 1.33 bits per heavy atom. The monoisotopic (exact) mass is 229 g/mol. The Hall–Kier alpha value is -1.23. The van der Waals surface area contributed by atoms with Crippen LogP contribution >= 0.6 is 0 Å². The first kappa shape index (κ1) is 11.8. The quantitative estimate of drug-likeness (QED) is 0.831. The van der Waals surface area contributed by atoms with Crippen LogP contribution in [-0.4, -0.2) is 18.8 Å². The molecule has 0 aliphatic rings. The van der Waals surface area contributed by atoms with Gasteiger partial charge in [0.2, 0.25) is 10.0 Å². The predicted octanol–water partition coefficient (Wildman–Crippen LogP) is 1.85. The predicted molar refractivity (Wildman–Crippen MR) is 60.5 cm³/mol. The van der Waals surface area contributed by atoms with Crippen LogP contribution in [0, 0.1) is 6.92 Å². The van der Waals surface area contributed by atoms with Crippen LogP contribution in [0.25, 0.3) is 0 Å². The molecule has 1 aromatic carbocycles. The number of phenolic OH excluding ortho intramolecular Hbond substituents is 1. The fourth-order valence-electron chi connectivity index (χ4n) is 1.01. The maximum absolute atomic E-state index is 11.6. The van der Waals surface area contributed by atoms with E-state index in [0.717, 1.165) is 0 Å². The third-order valence-corrected chi connectivity index (χ3v) is 3.92. The maximum Gasteiger partial charge on any atom is 0.235 e. The molecular weight excluding hydrogens is 214 g/mol. The molecule has 2 N–H and O–H groups in total. The summed E-state index contributed by atoms with van der Waals surface area (Å²) in [5, 5.41) is 8.90. The van der Waals surface area contributed by atoms with Crippen LogP contribution in [0.1, 0.15) is 19.4 Å². The molecule has 0 spiro atoms. The summed E-state index contributed by atoms with van der Waals surface area (Å²) in [6.07, 6.45) is 0. The molecule has 0 amide bonds. The van der Waals surface area contributed by atoms with Gasteiger partial charge in [-0.25, -0.2) is 8.42 Å². The standard InChI is InChI=1S/C10H15NO3S/c1-7(2)15(13,14)11-9-5-4-6-10(12)8(9)3/h4-7,11-12H,1-3H3. The highest BCUT2D eigenvalue weighted by atomic mass is 32.2.